The van der Waals surface area contributed by atoms with Crippen molar-refractivity contribution in [1.82, 2.24) is 0 Å². The Morgan fingerprint density at radius 3 is 3.00 bits per heavy atom. The molecule has 0 radical (unpaired) electrons. The van der Waals surface area contributed by atoms with Gasteiger partial charge in [-0.05, 0) is 32.1 Å². The minimum Gasteiger partial charge on any atom is -0.466 e. The number of hydrogen-bond donors (Lipinski definition) is 1. The Kier molecular flexibility index (Phi) is 4.66. The summed E-state index contributed by atoms with van der Waals surface area (Å²) in [5.74, 6) is -0.0704. The van der Waals surface area contributed by atoms with Gasteiger partial charge in [0.15, 0.2) is 0 Å². The van der Waals surface area contributed by atoms with Crippen molar-refractivity contribution in [2.75, 3.05) is 6.61 Å². The van der Waals surface area contributed by atoms with E-state index < -0.39 is 6.10 Å². The van der Waals surface area contributed by atoms with E-state index in [2.05, 4.69) is 12.2 Å². The maximum absolute atomic E-state index is 11.1. The first-order valence-corrected chi connectivity index (χ1v) is 5.22. The van der Waals surface area contributed by atoms with Gasteiger partial charge in [0, 0.05) is 0 Å². The molecule has 0 saturated heterocycles. The molecule has 1 N–H and O–H groups in total. The van der Waals surface area contributed by atoms with Crippen LogP contribution in [-0.2, 0) is 9.53 Å². The lowest BCUT2D eigenvalue weighted by Gasteiger charge is -2.22. The van der Waals surface area contributed by atoms with Crippen LogP contribution in [0.25, 0.3) is 0 Å². The monoisotopic (exact) mass is 198 g/mol. The molecule has 0 bridgehead atoms. The number of aliphatic hydroxyl groups is 1. The minimum absolute atomic E-state index is 0.131. The summed E-state index contributed by atoms with van der Waals surface area (Å²) in [5, 5.41) is 9.74. The predicted octanol–water partition coefficient (Wildman–Crippen LogP) is 1.66. The number of rotatable bonds is 4. The fraction of sp³-hybridized carbons (Fsp3) is 0.727. The van der Waals surface area contributed by atoms with Crippen molar-refractivity contribution in [2.45, 2.75) is 38.7 Å². The van der Waals surface area contributed by atoms with Gasteiger partial charge in [-0.25, -0.2) is 0 Å². The summed E-state index contributed by atoms with van der Waals surface area (Å²) in [4.78, 5) is 11.1. The van der Waals surface area contributed by atoms with Crippen molar-refractivity contribution in [3.05, 3.63) is 12.2 Å². The molecule has 2 atom stereocenters. The second kappa shape index (κ2) is 5.81. The van der Waals surface area contributed by atoms with Gasteiger partial charge in [-0.2, -0.15) is 0 Å². The Bertz CT molecular complexity index is 211. The zero-order valence-corrected chi connectivity index (χ0v) is 8.61. The smallest absolute Gasteiger partial charge is 0.308 e. The lowest BCUT2D eigenvalue weighted by atomic mass is 9.88. The van der Waals surface area contributed by atoms with Crippen LogP contribution in [0.15, 0.2) is 12.2 Å². The van der Waals surface area contributed by atoms with Crippen LogP contribution in [0.5, 0.6) is 0 Å². The largest absolute Gasteiger partial charge is 0.466 e. The van der Waals surface area contributed by atoms with E-state index >= 15 is 0 Å². The first-order chi connectivity index (χ1) is 6.74. The predicted molar refractivity (Wildman–Crippen MR) is 53.7 cm³/mol. The maximum atomic E-state index is 11.1. The third-order valence-corrected chi connectivity index (χ3v) is 2.53. The normalized spacial score (nSPS) is 23.1. The minimum atomic E-state index is -0.543. The van der Waals surface area contributed by atoms with E-state index in [0.717, 1.165) is 19.3 Å². The second-order valence-electron chi connectivity index (χ2n) is 3.62. The zero-order chi connectivity index (χ0) is 10.4. The van der Waals surface area contributed by atoms with Crippen molar-refractivity contribution in [2.24, 2.45) is 5.92 Å². The molecule has 0 aromatic carbocycles. The van der Waals surface area contributed by atoms with Gasteiger partial charge in [0.2, 0.25) is 0 Å². The van der Waals surface area contributed by atoms with Crippen LogP contribution in [-0.4, -0.2) is 23.8 Å². The van der Waals surface area contributed by atoms with Gasteiger partial charge in [0.25, 0.3) is 0 Å². The molecule has 0 fully saturated rings. The fourth-order valence-electron chi connectivity index (χ4n) is 1.72. The third-order valence-electron chi connectivity index (χ3n) is 2.53. The summed E-state index contributed by atoms with van der Waals surface area (Å²) in [7, 11) is 0. The van der Waals surface area contributed by atoms with E-state index in [1.165, 1.54) is 0 Å². The number of carbonyl (C=O) groups excluding carboxylic acids is 1. The van der Waals surface area contributed by atoms with Crippen LogP contribution < -0.4 is 0 Å². The maximum Gasteiger partial charge on any atom is 0.308 e. The molecule has 0 heterocycles. The lowest BCUT2D eigenvalue weighted by Crippen LogP contribution is -2.25. The van der Waals surface area contributed by atoms with Crippen LogP contribution >= 0.6 is 0 Å². The lowest BCUT2D eigenvalue weighted by molar-refractivity contribution is -0.146. The highest BCUT2D eigenvalue weighted by molar-refractivity contribution is 5.69. The molecule has 1 aliphatic carbocycles. The van der Waals surface area contributed by atoms with Gasteiger partial charge >= 0.3 is 5.97 Å². The molecule has 0 saturated carbocycles. The first-order valence-electron chi connectivity index (χ1n) is 5.22. The van der Waals surface area contributed by atoms with Crippen molar-refractivity contribution in [3.63, 3.8) is 0 Å². The molecular formula is C11H18O3. The van der Waals surface area contributed by atoms with Gasteiger partial charge in [-0.15, -0.1) is 0 Å². The highest BCUT2D eigenvalue weighted by Crippen LogP contribution is 2.23. The van der Waals surface area contributed by atoms with E-state index in [1.54, 1.807) is 6.92 Å². The van der Waals surface area contributed by atoms with Gasteiger partial charge in [-0.3, -0.25) is 4.79 Å². The Morgan fingerprint density at radius 2 is 2.43 bits per heavy atom. The average molecular weight is 198 g/mol. The summed E-state index contributed by atoms with van der Waals surface area (Å²) in [6.07, 6.45) is 6.63. The molecule has 2 unspecified atom stereocenters. The topological polar surface area (TPSA) is 46.5 Å². The summed E-state index contributed by atoms with van der Waals surface area (Å²) in [5.41, 5.74) is 0. The molecule has 14 heavy (non-hydrogen) atoms. The molecule has 1 aliphatic rings. The number of esters is 1. The Morgan fingerprint density at radius 1 is 1.64 bits per heavy atom. The third kappa shape index (κ3) is 3.50. The Hall–Kier alpha value is -0.830. The fourth-order valence-corrected chi connectivity index (χ4v) is 1.72. The van der Waals surface area contributed by atoms with Crippen LogP contribution in [0.3, 0.4) is 0 Å². The molecule has 0 amide bonds. The average Bonchev–Trinajstić information content (AvgIpc) is 2.19. The molecule has 0 spiro atoms. The first kappa shape index (κ1) is 11.2. The SMILES string of the molecule is CCOC(=O)CC(O)C1CC=CCC1. The van der Waals surface area contributed by atoms with Crippen molar-refractivity contribution in [3.8, 4) is 0 Å². The molecule has 0 aromatic heterocycles. The van der Waals surface area contributed by atoms with Crippen LogP contribution in [0, 0.1) is 5.92 Å². The second-order valence-corrected chi connectivity index (χ2v) is 3.62. The number of ether oxygens (including phenoxy) is 1. The summed E-state index contributed by atoms with van der Waals surface area (Å²) in [6, 6.07) is 0. The van der Waals surface area contributed by atoms with Gasteiger partial charge in [0.1, 0.15) is 0 Å². The van der Waals surface area contributed by atoms with Crippen molar-refractivity contribution >= 4 is 5.97 Å². The summed E-state index contributed by atoms with van der Waals surface area (Å²) < 4.78 is 4.79. The standard InChI is InChI=1S/C11H18O3/c1-2-14-11(13)8-10(12)9-6-4-3-5-7-9/h3-4,9-10,12H,2,5-8H2,1H3. The molecule has 0 aliphatic heterocycles. The van der Waals surface area contributed by atoms with E-state index in [1.807, 2.05) is 0 Å². The number of aliphatic hydroxyl groups excluding tert-OH is 1. The van der Waals surface area contributed by atoms with Crippen molar-refractivity contribution < 1.29 is 14.6 Å². The number of carbonyl (C=O) groups is 1. The Labute approximate surface area is 84.8 Å². The molecule has 0 aromatic rings. The van der Waals surface area contributed by atoms with Crippen LogP contribution in [0.1, 0.15) is 32.6 Å². The highest BCUT2D eigenvalue weighted by Gasteiger charge is 2.22. The molecule has 3 nitrogen and oxygen atoms in total. The molecular weight excluding hydrogens is 180 g/mol. The molecule has 80 valence electrons. The van der Waals surface area contributed by atoms with E-state index in [0.29, 0.717) is 6.61 Å². The summed E-state index contributed by atoms with van der Waals surface area (Å²) >= 11 is 0. The number of allylic oxidation sites excluding steroid dienone is 2. The highest BCUT2D eigenvalue weighted by atomic mass is 16.5. The van der Waals surface area contributed by atoms with Crippen LogP contribution in [0.2, 0.25) is 0 Å². The van der Waals surface area contributed by atoms with Gasteiger partial charge < -0.3 is 9.84 Å². The Balaban J connectivity index is 2.29. The molecule has 1 rings (SSSR count). The van der Waals surface area contributed by atoms with Crippen LogP contribution in [0.4, 0.5) is 0 Å². The van der Waals surface area contributed by atoms with E-state index in [9.17, 15) is 9.90 Å². The van der Waals surface area contributed by atoms with Gasteiger partial charge in [0.05, 0.1) is 19.1 Å². The van der Waals surface area contributed by atoms with E-state index in [-0.39, 0.29) is 18.3 Å². The van der Waals surface area contributed by atoms with Crippen molar-refractivity contribution in [1.29, 1.82) is 0 Å². The molecule has 3 heteroatoms. The summed E-state index contributed by atoms with van der Waals surface area (Å²) in [6.45, 7) is 2.16. The van der Waals surface area contributed by atoms with Gasteiger partial charge in [-0.1, -0.05) is 12.2 Å². The number of hydrogen-bond acceptors (Lipinski definition) is 3. The zero-order valence-electron chi connectivity index (χ0n) is 8.61. The van der Waals surface area contributed by atoms with E-state index in [4.69, 9.17) is 4.74 Å². The quantitative estimate of drug-likeness (QED) is 0.552.